The van der Waals surface area contributed by atoms with Crippen molar-refractivity contribution in [3.8, 4) is 0 Å². The molecular formula is C17H29N. The highest BCUT2D eigenvalue weighted by Gasteiger charge is 2.18. The number of hydrogen-bond donors (Lipinski definition) is 1. The van der Waals surface area contributed by atoms with Gasteiger partial charge in [-0.2, -0.15) is 0 Å². The van der Waals surface area contributed by atoms with Gasteiger partial charge in [0.05, 0.1) is 0 Å². The molecule has 1 aromatic carbocycles. The standard InChI is InChI=1S/C17H29N/c1-5-7-16(8-6-2)17(18-4)13-15-11-9-14(3)10-12-15/h9-12,16-18H,5-8,13H2,1-4H3. The zero-order valence-electron chi connectivity index (χ0n) is 12.5. The lowest BCUT2D eigenvalue weighted by molar-refractivity contribution is 0.323. The number of benzene rings is 1. The molecule has 1 N–H and O–H groups in total. The Labute approximate surface area is 113 Å². The van der Waals surface area contributed by atoms with Gasteiger partial charge in [0.2, 0.25) is 0 Å². The van der Waals surface area contributed by atoms with Crippen molar-refractivity contribution in [3.05, 3.63) is 35.4 Å². The minimum Gasteiger partial charge on any atom is -0.316 e. The molecule has 102 valence electrons. The first-order valence-corrected chi connectivity index (χ1v) is 7.44. The Morgan fingerprint density at radius 1 is 1.00 bits per heavy atom. The van der Waals surface area contributed by atoms with Gasteiger partial charge < -0.3 is 5.32 Å². The van der Waals surface area contributed by atoms with E-state index in [2.05, 4.69) is 57.4 Å². The molecule has 0 aromatic heterocycles. The largest absolute Gasteiger partial charge is 0.316 e. The van der Waals surface area contributed by atoms with E-state index in [4.69, 9.17) is 0 Å². The summed E-state index contributed by atoms with van der Waals surface area (Å²) in [4.78, 5) is 0. The predicted molar refractivity (Wildman–Crippen MR) is 81.0 cm³/mol. The van der Waals surface area contributed by atoms with Crippen molar-refractivity contribution < 1.29 is 0 Å². The summed E-state index contributed by atoms with van der Waals surface area (Å²) in [5.41, 5.74) is 2.80. The van der Waals surface area contributed by atoms with Crippen molar-refractivity contribution in [2.75, 3.05) is 7.05 Å². The van der Waals surface area contributed by atoms with Gasteiger partial charge in [0.1, 0.15) is 0 Å². The van der Waals surface area contributed by atoms with Gasteiger partial charge in [0, 0.05) is 6.04 Å². The Morgan fingerprint density at radius 2 is 1.56 bits per heavy atom. The third kappa shape index (κ3) is 4.81. The quantitative estimate of drug-likeness (QED) is 0.720. The van der Waals surface area contributed by atoms with E-state index in [0.717, 1.165) is 12.3 Å². The number of hydrogen-bond acceptors (Lipinski definition) is 1. The topological polar surface area (TPSA) is 12.0 Å². The number of aryl methyl sites for hydroxylation is 1. The third-order valence-corrected chi connectivity index (χ3v) is 3.83. The summed E-state index contributed by atoms with van der Waals surface area (Å²) in [5, 5.41) is 3.53. The van der Waals surface area contributed by atoms with Crippen molar-refractivity contribution in [2.45, 2.75) is 58.9 Å². The van der Waals surface area contributed by atoms with Gasteiger partial charge in [-0.25, -0.2) is 0 Å². The summed E-state index contributed by atoms with van der Waals surface area (Å²) in [6, 6.07) is 9.60. The fraction of sp³-hybridized carbons (Fsp3) is 0.647. The highest BCUT2D eigenvalue weighted by molar-refractivity contribution is 5.22. The van der Waals surface area contributed by atoms with Crippen LogP contribution in [0, 0.1) is 12.8 Å². The average Bonchev–Trinajstić information content (AvgIpc) is 2.38. The average molecular weight is 247 g/mol. The summed E-state index contributed by atoms with van der Waals surface area (Å²) >= 11 is 0. The normalized spacial score (nSPS) is 12.9. The summed E-state index contributed by atoms with van der Waals surface area (Å²) in [7, 11) is 2.11. The molecule has 1 rings (SSSR count). The van der Waals surface area contributed by atoms with Crippen LogP contribution in [-0.2, 0) is 6.42 Å². The molecule has 0 bridgehead atoms. The van der Waals surface area contributed by atoms with Crippen LogP contribution in [-0.4, -0.2) is 13.1 Å². The molecule has 0 spiro atoms. The second-order valence-electron chi connectivity index (χ2n) is 5.42. The molecule has 1 nitrogen and oxygen atoms in total. The Hall–Kier alpha value is -0.820. The molecular weight excluding hydrogens is 218 g/mol. The molecule has 0 aliphatic rings. The van der Waals surface area contributed by atoms with Crippen LogP contribution < -0.4 is 5.32 Å². The van der Waals surface area contributed by atoms with Gasteiger partial charge >= 0.3 is 0 Å². The first-order valence-electron chi connectivity index (χ1n) is 7.44. The minimum absolute atomic E-state index is 0.618. The minimum atomic E-state index is 0.618. The summed E-state index contributed by atoms with van der Waals surface area (Å²) in [6.45, 7) is 6.73. The van der Waals surface area contributed by atoms with Crippen molar-refractivity contribution in [3.63, 3.8) is 0 Å². The molecule has 0 aliphatic heterocycles. The van der Waals surface area contributed by atoms with E-state index < -0.39 is 0 Å². The van der Waals surface area contributed by atoms with E-state index in [1.807, 2.05) is 0 Å². The first-order chi connectivity index (χ1) is 8.71. The second kappa shape index (κ2) is 8.31. The van der Waals surface area contributed by atoms with Gasteiger partial charge in [0.15, 0.2) is 0 Å². The van der Waals surface area contributed by atoms with Crippen molar-refractivity contribution >= 4 is 0 Å². The molecule has 1 heteroatoms. The second-order valence-corrected chi connectivity index (χ2v) is 5.42. The molecule has 1 aromatic rings. The van der Waals surface area contributed by atoms with Gasteiger partial charge in [-0.15, -0.1) is 0 Å². The summed E-state index contributed by atoms with van der Waals surface area (Å²) in [5.74, 6) is 0.811. The maximum absolute atomic E-state index is 3.53. The lowest BCUT2D eigenvalue weighted by Crippen LogP contribution is -2.35. The van der Waals surface area contributed by atoms with E-state index in [9.17, 15) is 0 Å². The lowest BCUT2D eigenvalue weighted by Gasteiger charge is -2.26. The van der Waals surface area contributed by atoms with Gasteiger partial charge in [-0.05, 0) is 44.7 Å². The molecule has 1 unspecified atom stereocenters. The molecule has 0 fully saturated rings. The molecule has 0 radical (unpaired) electrons. The maximum atomic E-state index is 3.53. The summed E-state index contributed by atoms with van der Waals surface area (Å²) in [6.07, 6.45) is 6.41. The third-order valence-electron chi connectivity index (χ3n) is 3.83. The van der Waals surface area contributed by atoms with Gasteiger partial charge in [-0.3, -0.25) is 0 Å². The van der Waals surface area contributed by atoms with Crippen LogP contribution in [0.1, 0.15) is 50.7 Å². The first kappa shape index (κ1) is 15.2. The maximum Gasteiger partial charge on any atom is 0.0133 e. The molecule has 1 atom stereocenters. The van der Waals surface area contributed by atoms with Crippen molar-refractivity contribution in [1.82, 2.24) is 5.32 Å². The zero-order chi connectivity index (χ0) is 13.4. The Kier molecular flexibility index (Phi) is 7.04. The SMILES string of the molecule is CCCC(CCC)C(Cc1ccc(C)cc1)NC. The fourth-order valence-corrected chi connectivity index (χ4v) is 2.77. The van der Waals surface area contributed by atoms with E-state index in [1.54, 1.807) is 0 Å². The fourth-order valence-electron chi connectivity index (χ4n) is 2.77. The van der Waals surface area contributed by atoms with E-state index in [-0.39, 0.29) is 0 Å². The van der Waals surface area contributed by atoms with Crippen LogP contribution in [0.5, 0.6) is 0 Å². The van der Waals surface area contributed by atoms with E-state index >= 15 is 0 Å². The van der Waals surface area contributed by atoms with Crippen LogP contribution in [0.3, 0.4) is 0 Å². The lowest BCUT2D eigenvalue weighted by atomic mass is 9.86. The Balaban J connectivity index is 2.66. The molecule has 0 amide bonds. The van der Waals surface area contributed by atoms with Crippen LogP contribution in [0.25, 0.3) is 0 Å². The molecule has 0 saturated carbocycles. The monoisotopic (exact) mass is 247 g/mol. The predicted octanol–water partition coefficient (Wildman–Crippen LogP) is 4.34. The van der Waals surface area contributed by atoms with Crippen molar-refractivity contribution in [2.24, 2.45) is 5.92 Å². The van der Waals surface area contributed by atoms with Crippen LogP contribution in [0.4, 0.5) is 0 Å². The highest BCUT2D eigenvalue weighted by atomic mass is 14.9. The van der Waals surface area contributed by atoms with E-state index in [1.165, 1.54) is 36.8 Å². The van der Waals surface area contributed by atoms with Crippen LogP contribution in [0.15, 0.2) is 24.3 Å². The number of likely N-dealkylation sites (N-methyl/N-ethyl adjacent to an activating group) is 1. The molecule has 0 saturated heterocycles. The van der Waals surface area contributed by atoms with Crippen molar-refractivity contribution in [1.29, 1.82) is 0 Å². The molecule has 0 aliphatic carbocycles. The van der Waals surface area contributed by atoms with Gasteiger partial charge in [-0.1, -0.05) is 56.5 Å². The Morgan fingerprint density at radius 3 is 2.00 bits per heavy atom. The summed E-state index contributed by atoms with van der Waals surface area (Å²) < 4.78 is 0. The molecule has 18 heavy (non-hydrogen) atoms. The Bertz CT molecular complexity index is 309. The molecule has 0 heterocycles. The highest BCUT2D eigenvalue weighted by Crippen LogP contribution is 2.21. The number of rotatable bonds is 8. The van der Waals surface area contributed by atoms with Gasteiger partial charge in [0.25, 0.3) is 0 Å². The smallest absolute Gasteiger partial charge is 0.0133 e. The van der Waals surface area contributed by atoms with Crippen LogP contribution >= 0.6 is 0 Å². The zero-order valence-corrected chi connectivity index (χ0v) is 12.5. The van der Waals surface area contributed by atoms with E-state index in [0.29, 0.717) is 6.04 Å². The van der Waals surface area contributed by atoms with Crippen LogP contribution in [0.2, 0.25) is 0 Å². The number of nitrogens with one attached hydrogen (secondary N) is 1.